The molecule has 106 valence electrons. The zero-order valence-corrected chi connectivity index (χ0v) is 11.7. The van der Waals surface area contributed by atoms with Crippen molar-refractivity contribution in [2.75, 3.05) is 0 Å². The molecule has 0 aliphatic rings. The maximum absolute atomic E-state index is 11.5. The number of carbonyl (C=O) groups excluding carboxylic acids is 1. The van der Waals surface area contributed by atoms with Crippen LogP contribution in [-0.4, -0.2) is 10.2 Å². The van der Waals surface area contributed by atoms with Crippen molar-refractivity contribution in [3.63, 3.8) is 0 Å². The van der Waals surface area contributed by atoms with Crippen LogP contribution in [0.15, 0.2) is 66.7 Å². The van der Waals surface area contributed by atoms with Gasteiger partial charge in [-0.2, -0.15) is 0 Å². The molecule has 1 atom stereocenters. The van der Waals surface area contributed by atoms with Crippen LogP contribution in [0.2, 0.25) is 0 Å². The van der Waals surface area contributed by atoms with Crippen LogP contribution in [0.5, 0.6) is 0 Å². The SMILES string of the molecule is O=C(Cl)/C=C(/c1ccccc1)[C@@H](c1ccccc1)[N+](=O)[O-]. The van der Waals surface area contributed by atoms with E-state index < -0.39 is 16.2 Å². The van der Waals surface area contributed by atoms with E-state index in [2.05, 4.69) is 0 Å². The van der Waals surface area contributed by atoms with Crippen LogP contribution in [0.4, 0.5) is 0 Å². The summed E-state index contributed by atoms with van der Waals surface area (Å²) in [6.07, 6.45) is 1.11. The number of hydrogen-bond acceptors (Lipinski definition) is 3. The first-order chi connectivity index (χ1) is 10.1. The fraction of sp³-hybridized carbons (Fsp3) is 0.0625. The lowest BCUT2D eigenvalue weighted by molar-refractivity contribution is -0.511. The molecule has 0 radical (unpaired) electrons. The summed E-state index contributed by atoms with van der Waals surface area (Å²) in [6.45, 7) is 0. The van der Waals surface area contributed by atoms with Crippen LogP contribution >= 0.6 is 11.6 Å². The standard InChI is InChI=1S/C16H12ClNO3/c17-15(19)11-14(12-7-3-1-4-8-12)16(18(20)21)13-9-5-2-6-10-13/h1-11,16H/b14-11-/t16-/m1/s1. The smallest absolute Gasteiger partial charge is 0.263 e. The van der Waals surface area contributed by atoms with Gasteiger partial charge in [0.25, 0.3) is 6.04 Å². The van der Waals surface area contributed by atoms with Crippen molar-refractivity contribution >= 4 is 22.4 Å². The molecule has 0 amide bonds. The summed E-state index contributed by atoms with van der Waals surface area (Å²) in [5.74, 6) is 0. The Bertz CT molecular complexity index is 668. The number of allylic oxidation sites excluding steroid dienone is 1. The van der Waals surface area contributed by atoms with E-state index in [-0.39, 0.29) is 5.57 Å². The molecule has 2 rings (SSSR count). The molecule has 0 bridgehead atoms. The Hall–Kier alpha value is -2.46. The van der Waals surface area contributed by atoms with E-state index in [9.17, 15) is 14.9 Å². The van der Waals surface area contributed by atoms with E-state index in [0.29, 0.717) is 11.1 Å². The van der Waals surface area contributed by atoms with Crippen molar-refractivity contribution in [1.29, 1.82) is 0 Å². The summed E-state index contributed by atoms with van der Waals surface area (Å²) in [4.78, 5) is 22.3. The summed E-state index contributed by atoms with van der Waals surface area (Å²) in [5.41, 5.74) is 1.36. The number of nitrogens with zero attached hydrogens (tertiary/aromatic N) is 1. The van der Waals surface area contributed by atoms with Crippen molar-refractivity contribution < 1.29 is 9.72 Å². The monoisotopic (exact) mass is 301 g/mol. The van der Waals surface area contributed by atoms with Gasteiger partial charge in [-0.3, -0.25) is 14.9 Å². The summed E-state index contributed by atoms with van der Waals surface area (Å²) in [7, 11) is 0. The molecular weight excluding hydrogens is 290 g/mol. The first-order valence-electron chi connectivity index (χ1n) is 6.24. The van der Waals surface area contributed by atoms with Gasteiger partial charge in [0.05, 0.1) is 0 Å². The topological polar surface area (TPSA) is 60.2 Å². The minimum absolute atomic E-state index is 0.270. The second kappa shape index (κ2) is 6.81. The van der Waals surface area contributed by atoms with Gasteiger partial charge in [0.15, 0.2) is 0 Å². The molecule has 0 heterocycles. The molecule has 0 saturated heterocycles. The van der Waals surface area contributed by atoms with Gasteiger partial charge < -0.3 is 0 Å². The number of carbonyl (C=O) groups is 1. The van der Waals surface area contributed by atoms with E-state index in [0.717, 1.165) is 6.08 Å². The molecule has 2 aromatic rings. The van der Waals surface area contributed by atoms with E-state index in [1.54, 1.807) is 60.7 Å². The number of nitro groups is 1. The Morgan fingerprint density at radius 2 is 1.57 bits per heavy atom. The second-order valence-electron chi connectivity index (χ2n) is 4.37. The highest BCUT2D eigenvalue weighted by atomic mass is 35.5. The van der Waals surface area contributed by atoms with Crippen molar-refractivity contribution in [1.82, 2.24) is 0 Å². The molecule has 0 aliphatic heterocycles. The minimum atomic E-state index is -1.14. The third kappa shape index (κ3) is 3.77. The molecule has 0 unspecified atom stereocenters. The fourth-order valence-corrected chi connectivity index (χ4v) is 2.24. The number of benzene rings is 2. The van der Waals surface area contributed by atoms with Crippen molar-refractivity contribution in [3.05, 3.63) is 88.0 Å². The van der Waals surface area contributed by atoms with Gasteiger partial charge in [0, 0.05) is 22.1 Å². The molecule has 0 N–H and O–H groups in total. The highest BCUT2D eigenvalue weighted by molar-refractivity contribution is 6.67. The van der Waals surface area contributed by atoms with Crippen LogP contribution < -0.4 is 0 Å². The summed E-state index contributed by atoms with van der Waals surface area (Å²) in [6, 6.07) is 16.1. The third-order valence-corrected chi connectivity index (χ3v) is 3.11. The summed E-state index contributed by atoms with van der Waals surface area (Å²) < 4.78 is 0. The maximum Gasteiger partial charge on any atom is 0.263 e. The molecule has 0 spiro atoms. The summed E-state index contributed by atoms with van der Waals surface area (Å²) in [5, 5.41) is 10.8. The van der Waals surface area contributed by atoms with Gasteiger partial charge >= 0.3 is 0 Å². The van der Waals surface area contributed by atoms with Crippen LogP contribution in [0.25, 0.3) is 5.57 Å². The Kier molecular flexibility index (Phi) is 4.85. The van der Waals surface area contributed by atoms with E-state index in [4.69, 9.17) is 11.6 Å². The van der Waals surface area contributed by atoms with Crippen molar-refractivity contribution in [3.8, 4) is 0 Å². The predicted octanol–water partition coefficient (Wildman–Crippen LogP) is 3.85. The van der Waals surface area contributed by atoms with Gasteiger partial charge in [-0.15, -0.1) is 0 Å². The third-order valence-electron chi connectivity index (χ3n) is 3.00. The Labute approximate surface area is 126 Å². The maximum atomic E-state index is 11.5. The molecule has 4 nitrogen and oxygen atoms in total. The highest BCUT2D eigenvalue weighted by Crippen LogP contribution is 2.32. The van der Waals surface area contributed by atoms with Crippen molar-refractivity contribution in [2.45, 2.75) is 6.04 Å². The van der Waals surface area contributed by atoms with Crippen LogP contribution in [0.1, 0.15) is 17.2 Å². The molecule has 5 heteroatoms. The van der Waals surface area contributed by atoms with Gasteiger partial charge in [0.1, 0.15) is 0 Å². The first kappa shape index (κ1) is 14.9. The lowest BCUT2D eigenvalue weighted by Gasteiger charge is -2.14. The Balaban J connectivity index is 2.58. The molecule has 21 heavy (non-hydrogen) atoms. The van der Waals surface area contributed by atoms with E-state index in [1.807, 2.05) is 0 Å². The number of halogens is 1. The average Bonchev–Trinajstić information content (AvgIpc) is 2.48. The quantitative estimate of drug-likeness (QED) is 0.365. The van der Waals surface area contributed by atoms with Gasteiger partial charge in [-0.05, 0) is 17.2 Å². The molecule has 0 aromatic heterocycles. The molecule has 0 saturated carbocycles. The molecule has 0 aliphatic carbocycles. The van der Waals surface area contributed by atoms with Gasteiger partial charge in [0.2, 0.25) is 5.24 Å². The second-order valence-corrected chi connectivity index (χ2v) is 4.74. The number of hydrogen-bond donors (Lipinski definition) is 0. The van der Waals surface area contributed by atoms with Crippen LogP contribution in [0.3, 0.4) is 0 Å². The summed E-state index contributed by atoms with van der Waals surface area (Å²) >= 11 is 5.42. The predicted molar refractivity (Wildman–Crippen MR) is 81.5 cm³/mol. The Morgan fingerprint density at radius 1 is 1.05 bits per heavy atom. The molecule has 0 fully saturated rings. The number of rotatable bonds is 5. The van der Waals surface area contributed by atoms with Crippen LogP contribution in [-0.2, 0) is 4.79 Å². The average molecular weight is 302 g/mol. The van der Waals surface area contributed by atoms with E-state index >= 15 is 0 Å². The zero-order chi connectivity index (χ0) is 15.2. The molecular formula is C16H12ClNO3. The lowest BCUT2D eigenvalue weighted by atomic mass is 9.93. The highest BCUT2D eigenvalue weighted by Gasteiger charge is 2.29. The van der Waals surface area contributed by atoms with Gasteiger partial charge in [-0.1, -0.05) is 60.7 Å². The van der Waals surface area contributed by atoms with E-state index in [1.165, 1.54) is 0 Å². The van der Waals surface area contributed by atoms with Gasteiger partial charge in [-0.25, -0.2) is 0 Å². The fourth-order valence-electron chi connectivity index (χ4n) is 2.12. The molecule has 2 aromatic carbocycles. The van der Waals surface area contributed by atoms with Crippen LogP contribution in [0, 0.1) is 10.1 Å². The largest absolute Gasteiger partial charge is 0.276 e. The van der Waals surface area contributed by atoms with Crippen molar-refractivity contribution in [2.24, 2.45) is 0 Å². The minimum Gasteiger partial charge on any atom is -0.276 e. The Morgan fingerprint density at radius 3 is 2.05 bits per heavy atom. The normalized spacial score (nSPS) is 12.7. The first-order valence-corrected chi connectivity index (χ1v) is 6.62. The zero-order valence-electron chi connectivity index (χ0n) is 11.0. The lowest BCUT2D eigenvalue weighted by Crippen LogP contribution is -2.13.